The molecular weight excluding hydrogens is 338 g/mol. The van der Waals surface area contributed by atoms with Crippen molar-refractivity contribution in [3.05, 3.63) is 76.8 Å². The average molecular weight is 354 g/mol. The first-order valence-corrected chi connectivity index (χ1v) is 8.47. The van der Waals surface area contributed by atoms with E-state index in [9.17, 15) is 9.59 Å². The van der Waals surface area contributed by atoms with E-state index in [0.717, 1.165) is 11.1 Å². The second kappa shape index (κ2) is 7.87. The summed E-state index contributed by atoms with van der Waals surface area (Å²) in [5, 5.41) is 1.19. The van der Waals surface area contributed by atoms with Crippen molar-refractivity contribution in [1.29, 1.82) is 0 Å². The highest BCUT2D eigenvalue weighted by Crippen LogP contribution is 2.42. The van der Waals surface area contributed by atoms with Crippen molar-refractivity contribution in [1.82, 2.24) is 10.3 Å². The molecule has 1 unspecified atom stereocenters. The third kappa shape index (κ3) is 3.84. The Kier molecular flexibility index (Phi) is 5.37. The molecule has 127 valence electrons. The number of nitrogens with one attached hydrogen (secondary N) is 1. The number of urea groups is 1. The second-order valence-electron chi connectivity index (χ2n) is 5.26. The molecule has 0 aliphatic carbocycles. The average Bonchev–Trinajstić information content (AvgIpc) is 3.11. The Hall–Kier alpha value is -2.77. The van der Waals surface area contributed by atoms with Gasteiger partial charge in [0.15, 0.2) is 0 Å². The van der Waals surface area contributed by atoms with Crippen molar-refractivity contribution in [2.75, 3.05) is 0 Å². The van der Waals surface area contributed by atoms with Gasteiger partial charge in [-0.3, -0.25) is 15.1 Å². The predicted octanol–water partition coefficient (Wildman–Crippen LogP) is 2.85. The molecule has 1 heterocycles. The minimum absolute atomic E-state index is 0.147. The van der Waals surface area contributed by atoms with E-state index < -0.39 is 11.4 Å². The van der Waals surface area contributed by atoms with E-state index in [1.807, 2.05) is 54.6 Å². The monoisotopic (exact) mass is 354 g/mol. The van der Waals surface area contributed by atoms with Gasteiger partial charge in [-0.05, 0) is 23.3 Å². The second-order valence-corrected chi connectivity index (χ2v) is 6.21. The number of hydrogen-bond donors (Lipinski definition) is 2. The predicted molar refractivity (Wildman–Crippen MR) is 95.9 cm³/mol. The zero-order chi connectivity index (χ0) is 17.6. The highest BCUT2D eigenvalue weighted by atomic mass is 32.2. The number of rotatable bonds is 5. The van der Waals surface area contributed by atoms with Gasteiger partial charge in [-0.25, -0.2) is 10.6 Å². The topological polar surface area (TPSA) is 84.7 Å². The number of ether oxygens (including phenoxy) is 1. The molecule has 7 heteroatoms. The summed E-state index contributed by atoms with van der Waals surface area (Å²) in [6.45, 7) is 0.445. The third-order valence-corrected chi connectivity index (χ3v) is 4.74. The number of benzene rings is 2. The summed E-state index contributed by atoms with van der Waals surface area (Å²) in [7, 11) is 0. The van der Waals surface area contributed by atoms with Gasteiger partial charge in [0, 0.05) is 5.41 Å². The lowest BCUT2D eigenvalue weighted by Crippen LogP contribution is -2.42. The fourth-order valence-corrected chi connectivity index (χ4v) is 3.51. The SMILES string of the molecule is NNC(=O)N1C([C]=O)=CSC1c1cccc(OCc2ccccc2)c1. The summed E-state index contributed by atoms with van der Waals surface area (Å²) >= 11 is 1.33. The molecule has 0 saturated carbocycles. The molecule has 1 aliphatic heterocycles. The van der Waals surface area contributed by atoms with Crippen molar-refractivity contribution < 1.29 is 14.3 Å². The van der Waals surface area contributed by atoms with Gasteiger partial charge >= 0.3 is 6.03 Å². The van der Waals surface area contributed by atoms with Crippen molar-refractivity contribution in [2.45, 2.75) is 12.0 Å². The van der Waals surface area contributed by atoms with Crippen LogP contribution in [0.2, 0.25) is 0 Å². The Morgan fingerprint density at radius 3 is 2.76 bits per heavy atom. The molecule has 3 rings (SSSR count). The van der Waals surface area contributed by atoms with Crippen LogP contribution in [0.25, 0.3) is 0 Å². The fraction of sp³-hybridized carbons (Fsp3) is 0.111. The van der Waals surface area contributed by atoms with E-state index in [1.165, 1.54) is 16.7 Å². The van der Waals surface area contributed by atoms with Crippen LogP contribution in [0.3, 0.4) is 0 Å². The van der Waals surface area contributed by atoms with Crippen molar-refractivity contribution in [2.24, 2.45) is 5.84 Å². The number of allylic oxidation sites excluding steroid dienone is 1. The molecule has 1 atom stereocenters. The first kappa shape index (κ1) is 17.1. The Morgan fingerprint density at radius 1 is 1.24 bits per heavy atom. The normalized spacial score (nSPS) is 16.3. The number of amides is 2. The van der Waals surface area contributed by atoms with Crippen LogP contribution in [0, 0.1) is 0 Å². The lowest BCUT2D eigenvalue weighted by Gasteiger charge is -2.24. The molecule has 3 N–H and O–H groups in total. The number of nitrogens with zero attached hydrogens (tertiary/aromatic N) is 1. The molecule has 2 amide bonds. The summed E-state index contributed by atoms with van der Waals surface area (Å²) < 4.78 is 5.82. The van der Waals surface area contributed by atoms with Crippen LogP contribution in [-0.2, 0) is 11.4 Å². The van der Waals surface area contributed by atoms with Gasteiger partial charge < -0.3 is 4.74 Å². The van der Waals surface area contributed by atoms with Gasteiger partial charge in [0.1, 0.15) is 23.4 Å². The number of thioether (sulfide) groups is 1. The van der Waals surface area contributed by atoms with Gasteiger partial charge in [-0.15, -0.1) is 11.8 Å². The molecule has 2 aromatic carbocycles. The number of hydrogen-bond acceptors (Lipinski definition) is 5. The maximum Gasteiger partial charge on any atom is 0.337 e. The van der Waals surface area contributed by atoms with Gasteiger partial charge in [-0.2, -0.15) is 0 Å². The molecule has 25 heavy (non-hydrogen) atoms. The van der Waals surface area contributed by atoms with Gasteiger partial charge in [0.25, 0.3) is 6.29 Å². The molecule has 6 nitrogen and oxygen atoms in total. The van der Waals surface area contributed by atoms with Gasteiger partial charge in [-0.1, -0.05) is 42.5 Å². The maximum absolute atomic E-state index is 12.0. The summed E-state index contributed by atoms with van der Waals surface area (Å²) in [6, 6.07) is 16.7. The van der Waals surface area contributed by atoms with Crippen LogP contribution in [0.15, 0.2) is 65.7 Å². The van der Waals surface area contributed by atoms with Crippen molar-refractivity contribution in [3.8, 4) is 5.75 Å². The van der Waals surface area contributed by atoms with E-state index in [1.54, 1.807) is 11.7 Å². The number of carbonyl (C=O) groups is 1. The number of hydrazine groups is 1. The summed E-state index contributed by atoms with van der Waals surface area (Å²) in [4.78, 5) is 24.3. The third-order valence-electron chi connectivity index (χ3n) is 3.64. The Labute approximate surface area is 149 Å². The van der Waals surface area contributed by atoms with Gasteiger partial charge in [0.05, 0.1) is 0 Å². The smallest absolute Gasteiger partial charge is 0.337 e. The first-order chi connectivity index (χ1) is 12.2. The molecule has 1 radical (unpaired) electrons. The molecule has 0 spiro atoms. The highest BCUT2D eigenvalue weighted by Gasteiger charge is 2.33. The quantitative estimate of drug-likeness (QED) is 0.490. The van der Waals surface area contributed by atoms with Crippen molar-refractivity contribution in [3.63, 3.8) is 0 Å². The Balaban J connectivity index is 1.76. The van der Waals surface area contributed by atoms with Crippen LogP contribution >= 0.6 is 11.8 Å². The Bertz CT molecular complexity index is 795. The molecule has 0 saturated heterocycles. The molecule has 0 bridgehead atoms. The van der Waals surface area contributed by atoms with Gasteiger partial charge in [0.2, 0.25) is 0 Å². The molecule has 2 aromatic rings. The van der Waals surface area contributed by atoms with Crippen LogP contribution in [0.1, 0.15) is 16.5 Å². The van der Waals surface area contributed by atoms with Crippen LogP contribution < -0.4 is 16.0 Å². The molecule has 1 aliphatic rings. The van der Waals surface area contributed by atoms with Crippen LogP contribution in [0.4, 0.5) is 4.79 Å². The Morgan fingerprint density at radius 2 is 2.04 bits per heavy atom. The molecular formula is C18H16N3O3S. The summed E-state index contributed by atoms with van der Waals surface area (Å²) in [5.41, 5.74) is 4.08. The minimum Gasteiger partial charge on any atom is -0.489 e. The number of carbonyl (C=O) groups excluding carboxylic acids is 2. The van der Waals surface area contributed by atoms with Crippen molar-refractivity contribution >= 4 is 24.1 Å². The number of nitrogens with two attached hydrogens (primary N) is 1. The van der Waals surface area contributed by atoms with E-state index in [2.05, 4.69) is 5.43 Å². The molecule has 0 aromatic heterocycles. The fourth-order valence-electron chi connectivity index (χ4n) is 2.46. The lowest BCUT2D eigenvalue weighted by molar-refractivity contribution is 0.211. The van der Waals surface area contributed by atoms with Crippen LogP contribution in [0.5, 0.6) is 5.75 Å². The highest BCUT2D eigenvalue weighted by molar-refractivity contribution is 8.02. The van der Waals surface area contributed by atoms with E-state index in [0.29, 0.717) is 12.4 Å². The largest absolute Gasteiger partial charge is 0.489 e. The lowest BCUT2D eigenvalue weighted by atomic mass is 10.2. The van der Waals surface area contributed by atoms with E-state index >= 15 is 0 Å². The standard InChI is InChI=1S/C18H16N3O3S/c19-20-18(23)21-15(10-22)12-25-17(21)14-7-4-8-16(9-14)24-11-13-5-2-1-3-6-13/h1-9,12,17H,11,19H2,(H,20,23). The van der Waals surface area contributed by atoms with E-state index in [4.69, 9.17) is 10.6 Å². The minimum atomic E-state index is -0.569. The summed E-state index contributed by atoms with van der Waals surface area (Å²) in [5.74, 6) is 5.90. The maximum atomic E-state index is 12.0. The zero-order valence-electron chi connectivity index (χ0n) is 13.2. The van der Waals surface area contributed by atoms with E-state index in [-0.39, 0.29) is 5.70 Å². The molecule has 0 fully saturated rings. The summed E-state index contributed by atoms with van der Waals surface area (Å²) in [6.07, 6.45) is 1.76. The van der Waals surface area contributed by atoms with Crippen LogP contribution in [-0.4, -0.2) is 17.2 Å². The first-order valence-electron chi connectivity index (χ1n) is 7.53. The zero-order valence-corrected chi connectivity index (χ0v) is 14.0.